The van der Waals surface area contributed by atoms with Gasteiger partial charge in [-0.25, -0.2) is 4.39 Å². The second kappa shape index (κ2) is 4.71. The molecule has 98 valence electrons. The van der Waals surface area contributed by atoms with E-state index >= 15 is 0 Å². The molecular weight excluding hydrogens is 253 g/mol. The quantitative estimate of drug-likeness (QED) is 0.876. The molecule has 1 aliphatic heterocycles. The van der Waals surface area contributed by atoms with Gasteiger partial charge < -0.3 is 10.1 Å². The fourth-order valence-corrected chi connectivity index (χ4v) is 3.17. The maximum Gasteiger partial charge on any atom is 0.126 e. The number of hydrogen-bond acceptors (Lipinski definition) is 2. The molecule has 1 unspecified atom stereocenters. The normalized spacial score (nSPS) is 25.8. The number of anilines is 1. The zero-order valence-corrected chi connectivity index (χ0v) is 11.0. The fourth-order valence-electron chi connectivity index (χ4n) is 2.94. The number of hydrogen-bond donors (Lipinski definition) is 1. The lowest BCUT2D eigenvalue weighted by atomic mass is 9.74. The minimum Gasteiger partial charge on any atom is -0.382 e. The van der Waals surface area contributed by atoms with Crippen molar-refractivity contribution >= 4 is 17.3 Å². The molecule has 0 bridgehead atoms. The number of ether oxygens (including phenoxy) is 1. The second-order valence-electron chi connectivity index (χ2n) is 5.38. The summed E-state index contributed by atoms with van der Waals surface area (Å²) >= 11 is 5.86. The molecule has 0 amide bonds. The minimum absolute atomic E-state index is 0.104. The third-order valence-corrected chi connectivity index (χ3v) is 4.21. The van der Waals surface area contributed by atoms with E-state index in [1.54, 1.807) is 6.07 Å². The van der Waals surface area contributed by atoms with Crippen LogP contribution in [0.15, 0.2) is 18.2 Å². The average Bonchev–Trinajstić information content (AvgIpc) is 2.26. The predicted molar refractivity (Wildman–Crippen MR) is 70.6 cm³/mol. The number of benzene rings is 1. The van der Waals surface area contributed by atoms with Crippen LogP contribution in [0.25, 0.3) is 0 Å². The van der Waals surface area contributed by atoms with Crippen LogP contribution in [0.1, 0.15) is 32.1 Å². The van der Waals surface area contributed by atoms with E-state index in [1.165, 1.54) is 18.6 Å². The molecule has 2 fully saturated rings. The molecule has 1 spiro atoms. The maximum atomic E-state index is 13.3. The van der Waals surface area contributed by atoms with Crippen LogP contribution in [-0.2, 0) is 4.74 Å². The first-order valence-corrected chi connectivity index (χ1v) is 6.90. The van der Waals surface area contributed by atoms with Crippen LogP contribution in [0.3, 0.4) is 0 Å². The standard InChI is InChI=1S/C14H17ClFNO/c15-10-6-11(16)8-13(7-10)17-12-2-5-18-14(9-12)3-1-4-14/h6-8,12,17H,1-5,9H2. The summed E-state index contributed by atoms with van der Waals surface area (Å²) in [5.41, 5.74) is 0.869. The highest BCUT2D eigenvalue weighted by Gasteiger charge is 2.42. The van der Waals surface area contributed by atoms with E-state index in [0.29, 0.717) is 11.1 Å². The highest BCUT2D eigenvalue weighted by Crippen LogP contribution is 2.42. The number of rotatable bonds is 2. The summed E-state index contributed by atoms with van der Waals surface area (Å²) in [6.07, 6.45) is 5.57. The Morgan fingerprint density at radius 3 is 2.83 bits per heavy atom. The molecule has 1 aromatic carbocycles. The Kier molecular flexibility index (Phi) is 3.20. The lowest BCUT2D eigenvalue weighted by molar-refractivity contribution is -0.130. The summed E-state index contributed by atoms with van der Waals surface area (Å²) in [4.78, 5) is 0. The van der Waals surface area contributed by atoms with Gasteiger partial charge in [0.1, 0.15) is 5.82 Å². The lowest BCUT2D eigenvalue weighted by Crippen LogP contribution is -2.49. The van der Waals surface area contributed by atoms with Crippen LogP contribution in [0.2, 0.25) is 5.02 Å². The maximum absolute atomic E-state index is 13.3. The van der Waals surface area contributed by atoms with Crippen molar-refractivity contribution in [2.75, 3.05) is 11.9 Å². The molecule has 18 heavy (non-hydrogen) atoms. The molecule has 1 N–H and O–H groups in total. The van der Waals surface area contributed by atoms with Gasteiger partial charge in [-0.2, -0.15) is 0 Å². The van der Waals surface area contributed by atoms with E-state index in [-0.39, 0.29) is 11.4 Å². The van der Waals surface area contributed by atoms with E-state index in [2.05, 4.69) is 5.32 Å². The molecule has 1 heterocycles. The molecule has 1 saturated carbocycles. The number of halogens is 2. The Morgan fingerprint density at radius 2 is 2.17 bits per heavy atom. The predicted octanol–water partition coefficient (Wildman–Crippen LogP) is 3.99. The molecule has 1 aliphatic carbocycles. The van der Waals surface area contributed by atoms with Gasteiger partial charge in [0.05, 0.1) is 5.60 Å². The topological polar surface area (TPSA) is 21.3 Å². The van der Waals surface area contributed by atoms with Gasteiger partial charge in [-0.05, 0) is 50.3 Å². The van der Waals surface area contributed by atoms with E-state index in [4.69, 9.17) is 16.3 Å². The zero-order valence-electron chi connectivity index (χ0n) is 10.2. The van der Waals surface area contributed by atoms with Crippen molar-refractivity contribution in [2.45, 2.75) is 43.7 Å². The van der Waals surface area contributed by atoms with Gasteiger partial charge in [-0.15, -0.1) is 0 Å². The Hall–Kier alpha value is -0.800. The largest absolute Gasteiger partial charge is 0.382 e. The van der Waals surface area contributed by atoms with Gasteiger partial charge in [-0.3, -0.25) is 0 Å². The third-order valence-electron chi connectivity index (χ3n) is 3.99. The highest BCUT2D eigenvalue weighted by molar-refractivity contribution is 6.30. The summed E-state index contributed by atoms with van der Waals surface area (Å²) in [6.45, 7) is 0.792. The summed E-state index contributed by atoms with van der Waals surface area (Å²) in [7, 11) is 0. The molecule has 3 rings (SSSR count). The van der Waals surface area contributed by atoms with Gasteiger partial charge in [0, 0.05) is 23.4 Å². The third kappa shape index (κ3) is 2.47. The monoisotopic (exact) mass is 269 g/mol. The van der Waals surface area contributed by atoms with Gasteiger partial charge >= 0.3 is 0 Å². The molecule has 1 aromatic rings. The van der Waals surface area contributed by atoms with Gasteiger partial charge in [0.15, 0.2) is 0 Å². The second-order valence-corrected chi connectivity index (χ2v) is 5.81. The number of nitrogens with one attached hydrogen (secondary N) is 1. The van der Waals surface area contributed by atoms with E-state index in [9.17, 15) is 4.39 Å². The smallest absolute Gasteiger partial charge is 0.126 e. The first-order valence-electron chi connectivity index (χ1n) is 6.52. The first kappa shape index (κ1) is 12.2. The van der Waals surface area contributed by atoms with Crippen LogP contribution >= 0.6 is 11.6 Å². The molecule has 0 aromatic heterocycles. The van der Waals surface area contributed by atoms with Crippen molar-refractivity contribution in [1.29, 1.82) is 0 Å². The van der Waals surface area contributed by atoms with Crippen molar-refractivity contribution in [1.82, 2.24) is 0 Å². The Morgan fingerprint density at radius 1 is 1.33 bits per heavy atom. The van der Waals surface area contributed by atoms with E-state index < -0.39 is 0 Å². The van der Waals surface area contributed by atoms with Crippen molar-refractivity contribution in [3.05, 3.63) is 29.0 Å². The summed E-state index contributed by atoms with van der Waals surface area (Å²) in [5.74, 6) is -0.296. The van der Waals surface area contributed by atoms with Gasteiger partial charge in [0.25, 0.3) is 0 Å². The molecular formula is C14H17ClFNO. The Labute approximate surface area is 111 Å². The van der Waals surface area contributed by atoms with Crippen molar-refractivity contribution in [3.8, 4) is 0 Å². The first-order chi connectivity index (χ1) is 8.65. The molecule has 1 saturated heterocycles. The molecule has 2 nitrogen and oxygen atoms in total. The van der Waals surface area contributed by atoms with Crippen LogP contribution in [0.4, 0.5) is 10.1 Å². The molecule has 4 heteroatoms. The van der Waals surface area contributed by atoms with Crippen molar-refractivity contribution in [3.63, 3.8) is 0 Å². The Bertz CT molecular complexity index is 427. The van der Waals surface area contributed by atoms with Crippen LogP contribution < -0.4 is 5.32 Å². The lowest BCUT2D eigenvalue weighted by Gasteiger charge is -2.47. The molecule has 2 aliphatic rings. The molecule has 1 atom stereocenters. The fraction of sp³-hybridized carbons (Fsp3) is 0.571. The summed E-state index contributed by atoms with van der Waals surface area (Å²) < 4.78 is 19.1. The van der Waals surface area contributed by atoms with Crippen LogP contribution in [0, 0.1) is 5.82 Å². The van der Waals surface area contributed by atoms with Crippen LogP contribution in [0.5, 0.6) is 0 Å². The molecule has 0 radical (unpaired) electrons. The minimum atomic E-state index is -0.296. The van der Waals surface area contributed by atoms with Gasteiger partial charge in [-0.1, -0.05) is 11.6 Å². The van der Waals surface area contributed by atoms with E-state index in [1.807, 2.05) is 0 Å². The van der Waals surface area contributed by atoms with Crippen LogP contribution in [-0.4, -0.2) is 18.2 Å². The SMILES string of the molecule is Fc1cc(Cl)cc(NC2CCOC3(CCC3)C2)c1. The van der Waals surface area contributed by atoms with Gasteiger partial charge in [0.2, 0.25) is 0 Å². The summed E-state index contributed by atoms with van der Waals surface area (Å²) in [5, 5.41) is 3.81. The highest BCUT2D eigenvalue weighted by atomic mass is 35.5. The Balaban J connectivity index is 1.68. The van der Waals surface area contributed by atoms with E-state index in [0.717, 1.165) is 38.0 Å². The average molecular weight is 270 g/mol. The zero-order chi connectivity index (χ0) is 12.6. The van der Waals surface area contributed by atoms with Crippen molar-refractivity contribution < 1.29 is 9.13 Å². The van der Waals surface area contributed by atoms with Crippen molar-refractivity contribution in [2.24, 2.45) is 0 Å². The summed E-state index contributed by atoms with van der Waals surface area (Å²) in [6, 6.07) is 4.95.